The predicted molar refractivity (Wildman–Crippen MR) is 128 cm³/mol. The average molecular weight is 455 g/mol. The maximum absolute atomic E-state index is 13.6. The number of hydrogen-bond acceptors (Lipinski definition) is 5. The molecule has 34 heavy (non-hydrogen) atoms. The molecule has 0 aliphatic carbocycles. The van der Waals surface area contributed by atoms with Crippen molar-refractivity contribution in [3.63, 3.8) is 0 Å². The van der Waals surface area contributed by atoms with Crippen LogP contribution in [-0.4, -0.2) is 32.0 Å². The number of halogens is 1. The number of ether oxygens (including phenoxy) is 1. The summed E-state index contributed by atoms with van der Waals surface area (Å²) in [6, 6.07) is 18.2. The van der Waals surface area contributed by atoms with Crippen LogP contribution in [0.1, 0.15) is 26.3 Å². The summed E-state index contributed by atoms with van der Waals surface area (Å²) in [4.78, 5) is 9.35. The molecule has 6 nitrogen and oxygen atoms in total. The number of rotatable bonds is 4. The highest BCUT2D eigenvalue weighted by Gasteiger charge is 2.34. The lowest BCUT2D eigenvalue weighted by molar-refractivity contribution is 0.0350. The normalized spacial score (nSPS) is 17.4. The standard InChI is InChI=1S/C27H23FN4O2/c1-27(2)13-21(16-33-27)32-15-22(24(31-32)18-8-10-20(28)11-9-18)25-29-14-19-12-23(34-26(19)30-25)17-6-4-3-5-7-17/h3-12,14-15,21H,13,16H2,1-2H3. The number of aromatic nitrogens is 4. The number of hydrogen-bond donors (Lipinski definition) is 0. The highest BCUT2D eigenvalue weighted by atomic mass is 19.1. The lowest BCUT2D eigenvalue weighted by Crippen LogP contribution is -2.17. The largest absolute Gasteiger partial charge is 0.438 e. The van der Waals surface area contributed by atoms with Gasteiger partial charge in [0.25, 0.3) is 0 Å². The van der Waals surface area contributed by atoms with Crippen LogP contribution in [0.25, 0.3) is 45.1 Å². The van der Waals surface area contributed by atoms with E-state index in [2.05, 4.69) is 18.8 Å². The molecule has 3 aromatic heterocycles. The number of nitrogens with zero attached hydrogens (tertiary/aromatic N) is 4. The van der Waals surface area contributed by atoms with Gasteiger partial charge in [0.1, 0.15) is 17.3 Å². The van der Waals surface area contributed by atoms with E-state index in [1.54, 1.807) is 18.3 Å². The van der Waals surface area contributed by atoms with Crippen molar-refractivity contribution >= 4 is 11.1 Å². The summed E-state index contributed by atoms with van der Waals surface area (Å²) in [5, 5.41) is 5.69. The van der Waals surface area contributed by atoms with Gasteiger partial charge in [-0.3, -0.25) is 4.68 Å². The van der Waals surface area contributed by atoms with Gasteiger partial charge in [0.05, 0.1) is 29.2 Å². The summed E-state index contributed by atoms with van der Waals surface area (Å²) in [5.41, 5.74) is 3.53. The van der Waals surface area contributed by atoms with E-state index in [4.69, 9.17) is 19.2 Å². The van der Waals surface area contributed by atoms with Crippen LogP contribution < -0.4 is 0 Å². The molecule has 0 N–H and O–H groups in total. The van der Waals surface area contributed by atoms with Crippen molar-refractivity contribution in [1.29, 1.82) is 0 Å². The van der Waals surface area contributed by atoms with E-state index in [9.17, 15) is 4.39 Å². The molecule has 170 valence electrons. The zero-order chi connectivity index (χ0) is 23.3. The van der Waals surface area contributed by atoms with Crippen molar-refractivity contribution in [3.05, 3.63) is 78.9 Å². The second-order valence-corrected chi connectivity index (χ2v) is 9.24. The first-order chi connectivity index (χ1) is 16.4. The zero-order valence-corrected chi connectivity index (χ0v) is 18.9. The fourth-order valence-electron chi connectivity index (χ4n) is 4.45. The lowest BCUT2D eigenvalue weighted by atomic mass is 10.0. The predicted octanol–water partition coefficient (Wildman–Crippen LogP) is 6.30. The van der Waals surface area contributed by atoms with E-state index in [0.717, 1.165) is 34.3 Å². The maximum Gasteiger partial charge on any atom is 0.230 e. The molecule has 7 heteroatoms. The van der Waals surface area contributed by atoms with E-state index in [0.29, 0.717) is 23.8 Å². The highest BCUT2D eigenvalue weighted by Crippen LogP contribution is 2.36. The van der Waals surface area contributed by atoms with Crippen molar-refractivity contribution in [3.8, 4) is 34.0 Å². The second kappa shape index (κ2) is 7.88. The summed E-state index contributed by atoms with van der Waals surface area (Å²) in [6.45, 7) is 4.74. The molecule has 1 saturated heterocycles. The first kappa shape index (κ1) is 20.7. The Kier molecular flexibility index (Phi) is 4.81. The first-order valence-electron chi connectivity index (χ1n) is 11.3. The molecule has 2 aromatic carbocycles. The molecule has 0 radical (unpaired) electrons. The summed E-state index contributed by atoms with van der Waals surface area (Å²) >= 11 is 0. The van der Waals surface area contributed by atoms with Gasteiger partial charge in [-0.2, -0.15) is 10.1 Å². The van der Waals surface area contributed by atoms with Gasteiger partial charge in [0.2, 0.25) is 5.71 Å². The van der Waals surface area contributed by atoms with E-state index in [1.165, 1.54) is 12.1 Å². The molecular weight excluding hydrogens is 431 g/mol. The van der Waals surface area contributed by atoms with Crippen molar-refractivity contribution in [2.75, 3.05) is 6.61 Å². The summed E-state index contributed by atoms with van der Waals surface area (Å²) < 4.78 is 27.5. The molecule has 0 spiro atoms. The minimum Gasteiger partial charge on any atom is -0.438 e. The third kappa shape index (κ3) is 3.78. The van der Waals surface area contributed by atoms with Crippen LogP contribution in [0.15, 0.2) is 77.5 Å². The molecule has 1 aliphatic heterocycles. The fraction of sp³-hybridized carbons (Fsp3) is 0.222. The SMILES string of the molecule is CC1(C)CC(n2cc(-c3ncc4cc(-c5ccccc5)oc4n3)c(-c3ccc(F)cc3)n2)CO1. The Labute approximate surface area is 196 Å². The average Bonchev–Trinajstić information content (AvgIpc) is 3.56. The van der Waals surface area contributed by atoms with Gasteiger partial charge in [0, 0.05) is 29.9 Å². The van der Waals surface area contributed by atoms with Crippen LogP contribution in [0, 0.1) is 5.82 Å². The molecule has 6 rings (SSSR count). The molecule has 1 aliphatic rings. The molecule has 1 fully saturated rings. The quantitative estimate of drug-likeness (QED) is 0.319. The molecule has 0 bridgehead atoms. The van der Waals surface area contributed by atoms with Crippen molar-refractivity contribution in [1.82, 2.24) is 19.7 Å². The summed E-state index contributed by atoms with van der Waals surface area (Å²) in [7, 11) is 0. The Bertz CT molecular complexity index is 1470. The number of fused-ring (bicyclic) bond motifs is 1. The topological polar surface area (TPSA) is 66.0 Å². The van der Waals surface area contributed by atoms with Crippen molar-refractivity contribution < 1.29 is 13.5 Å². The monoisotopic (exact) mass is 454 g/mol. The van der Waals surface area contributed by atoms with Gasteiger partial charge >= 0.3 is 0 Å². The van der Waals surface area contributed by atoms with Gasteiger partial charge in [0.15, 0.2) is 5.82 Å². The van der Waals surface area contributed by atoms with E-state index in [-0.39, 0.29) is 17.5 Å². The molecular formula is C27H23FN4O2. The van der Waals surface area contributed by atoms with E-state index in [1.807, 2.05) is 47.3 Å². The number of benzene rings is 2. The highest BCUT2D eigenvalue weighted by molar-refractivity contribution is 5.83. The summed E-state index contributed by atoms with van der Waals surface area (Å²) in [6.07, 6.45) is 4.56. The fourth-order valence-corrected chi connectivity index (χ4v) is 4.45. The van der Waals surface area contributed by atoms with Crippen LogP contribution in [0.5, 0.6) is 0 Å². The maximum atomic E-state index is 13.6. The Morgan fingerprint density at radius 3 is 2.56 bits per heavy atom. The molecule has 0 amide bonds. The van der Waals surface area contributed by atoms with Gasteiger partial charge in [-0.1, -0.05) is 30.3 Å². The smallest absolute Gasteiger partial charge is 0.230 e. The van der Waals surface area contributed by atoms with E-state index < -0.39 is 0 Å². The van der Waals surface area contributed by atoms with Crippen LogP contribution in [0.2, 0.25) is 0 Å². The molecule has 0 saturated carbocycles. The van der Waals surface area contributed by atoms with Crippen LogP contribution in [-0.2, 0) is 4.74 Å². The Hall–Kier alpha value is -3.84. The molecule has 4 heterocycles. The minimum atomic E-state index is -0.294. The zero-order valence-electron chi connectivity index (χ0n) is 18.9. The first-order valence-corrected chi connectivity index (χ1v) is 11.3. The van der Waals surface area contributed by atoms with Crippen molar-refractivity contribution in [2.24, 2.45) is 0 Å². The lowest BCUT2D eigenvalue weighted by Gasteiger charge is -2.15. The van der Waals surface area contributed by atoms with Crippen LogP contribution in [0.3, 0.4) is 0 Å². The van der Waals surface area contributed by atoms with Gasteiger partial charge < -0.3 is 9.15 Å². The van der Waals surface area contributed by atoms with Gasteiger partial charge in [-0.05, 0) is 44.2 Å². The third-order valence-corrected chi connectivity index (χ3v) is 6.19. The van der Waals surface area contributed by atoms with Crippen LogP contribution in [0.4, 0.5) is 4.39 Å². The van der Waals surface area contributed by atoms with Crippen molar-refractivity contribution in [2.45, 2.75) is 31.9 Å². The third-order valence-electron chi connectivity index (χ3n) is 6.19. The Morgan fingerprint density at radius 2 is 1.82 bits per heavy atom. The second-order valence-electron chi connectivity index (χ2n) is 9.24. The minimum absolute atomic E-state index is 0.0972. The van der Waals surface area contributed by atoms with E-state index >= 15 is 0 Å². The molecule has 1 unspecified atom stereocenters. The van der Waals surface area contributed by atoms with Gasteiger partial charge in [-0.25, -0.2) is 9.37 Å². The number of furan rings is 1. The summed E-state index contributed by atoms with van der Waals surface area (Å²) in [5.74, 6) is 0.949. The van der Waals surface area contributed by atoms with Gasteiger partial charge in [-0.15, -0.1) is 0 Å². The van der Waals surface area contributed by atoms with Crippen LogP contribution >= 0.6 is 0 Å². The Balaban J connectivity index is 1.45. The molecule has 1 atom stereocenters. The molecule has 5 aromatic rings. The Morgan fingerprint density at radius 1 is 1.03 bits per heavy atom.